The van der Waals surface area contributed by atoms with E-state index in [1.54, 1.807) is 37.3 Å². The molecule has 2 aromatic rings. The normalized spacial score (nSPS) is 21.6. The average Bonchev–Trinajstić information content (AvgIpc) is 3.16. The Morgan fingerprint density at radius 1 is 1.18 bits per heavy atom. The van der Waals surface area contributed by atoms with Crippen molar-refractivity contribution < 1.29 is 22.7 Å². The van der Waals surface area contributed by atoms with Crippen LogP contribution in [0.2, 0.25) is 0 Å². The van der Waals surface area contributed by atoms with Crippen LogP contribution in [-0.2, 0) is 10.0 Å². The number of furan rings is 1. The van der Waals surface area contributed by atoms with Gasteiger partial charge >= 0.3 is 0 Å². The first-order valence-corrected chi connectivity index (χ1v) is 11.1. The van der Waals surface area contributed by atoms with Gasteiger partial charge in [-0.15, -0.1) is 0 Å². The predicted molar refractivity (Wildman–Crippen MR) is 107 cm³/mol. The third-order valence-electron chi connectivity index (χ3n) is 5.32. The molecular formula is C21H27NO5S. The Labute approximate surface area is 166 Å². The molecule has 0 bridgehead atoms. The van der Waals surface area contributed by atoms with Crippen LogP contribution in [0.4, 0.5) is 0 Å². The first-order valence-electron chi connectivity index (χ1n) is 9.67. The summed E-state index contributed by atoms with van der Waals surface area (Å²) in [6.07, 6.45) is 3.32. The van der Waals surface area contributed by atoms with Gasteiger partial charge in [-0.25, -0.2) is 8.42 Å². The zero-order valence-corrected chi connectivity index (χ0v) is 17.1. The maximum Gasteiger partial charge on any atom is 0.244 e. The van der Waals surface area contributed by atoms with Crippen LogP contribution >= 0.6 is 0 Å². The molecule has 0 spiro atoms. The number of aldehydes is 1. The molecular weight excluding hydrogens is 378 g/mol. The Hall–Kier alpha value is -1.96. The summed E-state index contributed by atoms with van der Waals surface area (Å²) in [6.45, 7) is 3.83. The van der Waals surface area contributed by atoms with E-state index in [1.807, 2.05) is 0 Å². The number of sulfonamides is 1. The summed E-state index contributed by atoms with van der Waals surface area (Å²) in [5.74, 6) is 1.06. The summed E-state index contributed by atoms with van der Waals surface area (Å²) in [7, 11) is -3.86. The monoisotopic (exact) mass is 405 g/mol. The van der Waals surface area contributed by atoms with Crippen LogP contribution < -0.4 is 0 Å². The van der Waals surface area contributed by atoms with Gasteiger partial charge < -0.3 is 9.52 Å². The highest BCUT2D eigenvalue weighted by Gasteiger charge is 2.35. The highest BCUT2D eigenvalue weighted by molar-refractivity contribution is 7.89. The van der Waals surface area contributed by atoms with Gasteiger partial charge in [0.1, 0.15) is 5.76 Å². The second kappa shape index (κ2) is 8.59. The van der Waals surface area contributed by atoms with E-state index < -0.39 is 16.1 Å². The second-order valence-electron chi connectivity index (χ2n) is 7.65. The minimum Gasteiger partial charge on any atom is -0.453 e. The van der Waals surface area contributed by atoms with E-state index in [4.69, 9.17) is 4.42 Å². The van der Waals surface area contributed by atoms with E-state index >= 15 is 0 Å². The number of nitrogens with zero attached hydrogens (tertiary/aromatic N) is 1. The van der Waals surface area contributed by atoms with E-state index in [0.717, 1.165) is 25.7 Å². The molecule has 0 saturated heterocycles. The van der Waals surface area contributed by atoms with Gasteiger partial charge in [-0.05, 0) is 62.8 Å². The number of aliphatic hydroxyl groups excluding tert-OH is 1. The maximum absolute atomic E-state index is 13.6. The molecule has 0 amide bonds. The van der Waals surface area contributed by atoms with E-state index in [9.17, 15) is 18.3 Å². The highest BCUT2D eigenvalue weighted by Crippen LogP contribution is 2.35. The minimum atomic E-state index is -3.86. The van der Waals surface area contributed by atoms with Gasteiger partial charge in [0.05, 0.1) is 11.0 Å². The lowest BCUT2D eigenvalue weighted by atomic mass is 9.87. The Balaban J connectivity index is 2.03. The van der Waals surface area contributed by atoms with Crippen LogP contribution in [0.1, 0.15) is 50.1 Å². The van der Waals surface area contributed by atoms with Gasteiger partial charge in [-0.2, -0.15) is 4.31 Å². The summed E-state index contributed by atoms with van der Waals surface area (Å²) in [5, 5.41) is 9.97. The van der Waals surface area contributed by atoms with Gasteiger partial charge in [-0.3, -0.25) is 4.79 Å². The highest BCUT2D eigenvalue weighted by atomic mass is 32.2. The molecule has 1 atom stereocenters. The number of hydrogen-bond acceptors (Lipinski definition) is 5. The molecule has 7 heteroatoms. The molecule has 0 radical (unpaired) electrons. The van der Waals surface area contributed by atoms with Crippen molar-refractivity contribution in [3.8, 4) is 11.3 Å². The molecule has 1 aliphatic carbocycles. The van der Waals surface area contributed by atoms with Crippen LogP contribution in [0.3, 0.4) is 0 Å². The van der Waals surface area contributed by atoms with Crippen molar-refractivity contribution in [2.45, 2.75) is 56.6 Å². The zero-order chi connectivity index (χ0) is 20.3. The average molecular weight is 406 g/mol. The minimum absolute atomic E-state index is 0.0491. The maximum atomic E-state index is 13.6. The molecule has 28 heavy (non-hydrogen) atoms. The van der Waals surface area contributed by atoms with Crippen molar-refractivity contribution in [3.63, 3.8) is 0 Å². The van der Waals surface area contributed by atoms with Crippen LogP contribution in [0, 0.1) is 5.92 Å². The van der Waals surface area contributed by atoms with Crippen molar-refractivity contribution in [3.05, 3.63) is 42.2 Å². The molecule has 1 aromatic carbocycles. The molecule has 6 nitrogen and oxygen atoms in total. The van der Waals surface area contributed by atoms with Crippen molar-refractivity contribution >= 4 is 16.3 Å². The van der Waals surface area contributed by atoms with Gasteiger partial charge in [0.2, 0.25) is 10.0 Å². The summed E-state index contributed by atoms with van der Waals surface area (Å²) >= 11 is 0. The Morgan fingerprint density at radius 2 is 1.86 bits per heavy atom. The number of aliphatic hydroxyl groups is 1. The second-order valence-corrected chi connectivity index (χ2v) is 9.51. The molecule has 1 fully saturated rings. The van der Waals surface area contributed by atoms with Crippen molar-refractivity contribution in [2.24, 2.45) is 5.92 Å². The first-order chi connectivity index (χ1) is 13.3. The molecule has 1 aliphatic rings. The molecule has 1 unspecified atom stereocenters. The molecule has 1 heterocycles. The zero-order valence-electron chi connectivity index (χ0n) is 16.2. The number of carbonyl (C=O) groups is 1. The molecule has 152 valence electrons. The molecule has 1 N–H and O–H groups in total. The predicted octanol–water partition coefficient (Wildman–Crippen LogP) is 3.71. The Bertz CT molecular complexity index is 910. The summed E-state index contributed by atoms with van der Waals surface area (Å²) in [4.78, 5) is 11.1. The van der Waals surface area contributed by atoms with Crippen LogP contribution in [-0.4, -0.2) is 42.8 Å². The number of benzene rings is 1. The van der Waals surface area contributed by atoms with E-state index in [-0.39, 0.29) is 23.2 Å². The van der Waals surface area contributed by atoms with Crippen molar-refractivity contribution in [1.82, 2.24) is 4.31 Å². The molecule has 1 aromatic heterocycles. The first kappa shape index (κ1) is 20.8. The van der Waals surface area contributed by atoms with Crippen LogP contribution in [0.25, 0.3) is 11.3 Å². The van der Waals surface area contributed by atoms with Gasteiger partial charge in [0.15, 0.2) is 12.0 Å². The fraction of sp³-hybridized carbons (Fsp3) is 0.476. The van der Waals surface area contributed by atoms with E-state index in [2.05, 4.69) is 6.92 Å². The fourth-order valence-corrected chi connectivity index (χ4v) is 5.78. The fourth-order valence-electron chi connectivity index (χ4n) is 3.82. The lowest BCUT2D eigenvalue weighted by Gasteiger charge is -2.36. The van der Waals surface area contributed by atoms with E-state index in [0.29, 0.717) is 23.5 Å². The summed E-state index contributed by atoms with van der Waals surface area (Å²) in [6, 6.07) is 9.60. The number of rotatable bonds is 7. The lowest BCUT2D eigenvalue weighted by Crippen LogP contribution is -2.45. The Morgan fingerprint density at radius 3 is 2.46 bits per heavy atom. The van der Waals surface area contributed by atoms with Crippen molar-refractivity contribution in [1.29, 1.82) is 0 Å². The molecule has 3 rings (SSSR count). The standard InChI is InChI=1S/C21H27NO5S/c1-15-7-9-17(10-8-15)22(13-16(2)24)28(25,26)21-6-4-3-5-19(21)20-12-11-18(14-23)27-20/h3-6,11-12,14-17,24H,7-10,13H2,1-2H3. The molecule has 0 aliphatic heterocycles. The summed E-state index contributed by atoms with van der Waals surface area (Å²) in [5.41, 5.74) is 0.412. The van der Waals surface area contributed by atoms with Crippen molar-refractivity contribution in [2.75, 3.05) is 6.54 Å². The van der Waals surface area contributed by atoms with Crippen LogP contribution in [0.5, 0.6) is 0 Å². The van der Waals surface area contributed by atoms with Crippen LogP contribution in [0.15, 0.2) is 45.7 Å². The Kier molecular flexibility index (Phi) is 6.37. The third-order valence-corrected chi connectivity index (χ3v) is 7.30. The third kappa shape index (κ3) is 4.37. The SMILES string of the molecule is CC(O)CN(C1CCC(C)CC1)S(=O)(=O)c1ccccc1-c1ccc(C=O)o1. The van der Waals surface area contributed by atoms with Gasteiger partial charge in [-0.1, -0.05) is 19.1 Å². The quantitative estimate of drug-likeness (QED) is 0.710. The van der Waals surface area contributed by atoms with Gasteiger partial charge in [0, 0.05) is 18.2 Å². The number of carbonyl (C=O) groups excluding carboxylic acids is 1. The number of hydrogen-bond donors (Lipinski definition) is 1. The molecule has 1 saturated carbocycles. The lowest BCUT2D eigenvalue weighted by molar-refractivity contribution is 0.110. The van der Waals surface area contributed by atoms with E-state index in [1.165, 1.54) is 10.4 Å². The largest absolute Gasteiger partial charge is 0.453 e. The summed E-state index contributed by atoms with van der Waals surface area (Å²) < 4.78 is 34.2. The smallest absolute Gasteiger partial charge is 0.244 e. The topological polar surface area (TPSA) is 87.8 Å². The van der Waals surface area contributed by atoms with Gasteiger partial charge in [0.25, 0.3) is 0 Å².